The summed E-state index contributed by atoms with van der Waals surface area (Å²) in [5.74, 6) is 0.280. The Bertz CT molecular complexity index is 1260. The molecule has 0 spiro atoms. The summed E-state index contributed by atoms with van der Waals surface area (Å²) in [6, 6.07) is 12.8. The van der Waals surface area contributed by atoms with Gasteiger partial charge in [-0.05, 0) is 54.6 Å². The zero-order valence-corrected chi connectivity index (χ0v) is 18.0. The van der Waals surface area contributed by atoms with E-state index in [0.717, 1.165) is 0 Å². The number of rotatable bonds is 6. The fourth-order valence-electron chi connectivity index (χ4n) is 3.36. The lowest BCUT2D eigenvalue weighted by Gasteiger charge is -2.14. The normalized spacial score (nSPS) is 13.3. The molecule has 4 rings (SSSR count). The number of hydrogen-bond donors (Lipinski definition) is 0. The zero-order chi connectivity index (χ0) is 23.5. The van der Waals surface area contributed by atoms with E-state index in [1.54, 1.807) is 12.1 Å². The first-order valence-electron chi connectivity index (χ1n) is 9.80. The molecule has 1 aliphatic rings. The molecule has 0 N–H and O–H groups in total. The van der Waals surface area contributed by atoms with Gasteiger partial charge in [0.2, 0.25) is 11.5 Å². The van der Waals surface area contributed by atoms with Gasteiger partial charge in [0.15, 0.2) is 17.3 Å². The molecule has 0 amide bonds. The molecule has 0 aliphatic carbocycles. The first-order chi connectivity index (χ1) is 15.9. The first-order valence-corrected chi connectivity index (χ1v) is 9.80. The Labute approximate surface area is 188 Å². The molecular weight excluding hydrogens is 431 g/mol. The van der Waals surface area contributed by atoms with E-state index >= 15 is 0 Å². The molecule has 0 bridgehead atoms. The molecule has 8 heteroatoms. The van der Waals surface area contributed by atoms with Crippen molar-refractivity contribution >= 4 is 17.8 Å². The number of fused-ring (bicyclic) bond motifs is 1. The van der Waals surface area contributed by atoms with Gasteiger partial charge < -0.3 is 23.7 Å². The molecule has 33 heavy (non-hydrogen) atoms. The Morgan fingerprint density at radius 3 is 2.30 bits per heavy atom. The van der Waals surface area contributed by atoms with Crippen molar-refractivity contribution in [3.8, 4) is 28.7 Å². The molecule has 1 aliphatic heterocycles. The highest BCUT2D eigenvalue weighted by Crippen LogP contribution is 2.42. The summed E-state index contributed by atoms with van der Waals surface area (Å²) in [5.41, 5.74) is 1.06. The minimum Gasteiger partial charge on any atom is -0.493 e. The third kappa shape index (κ3) is 4.23. The van der Waals surface area contributed by atoms with Crippen LogP contribution in [0.4, 0.5) is 4.39 Å². The number of hydrogen-bond acceptors (Lipinski definition) is 7. The van der Waals surface area contributed by atoms with E-state index < -0.39 is 11.8 Å². The van der Waals surface area contributed by atoms with Crippen LogP contribution in [-0.2, 0) is 0 Å². The SMILES string of the molecule is COc1ccc(/C=C2\Oc3cc(OC(=O)c4ccc(F)cc4)ccc3C2=O)c(OC)c1OC. The van der Waals surface area contributed by atoms with Gasteiger partial charge in [-0.1, -0.05) is 0 Å². The summed E-state index contributed by atoms with van der Waals surface area (Å²) in [6.07, 6.45) is 1.54. The number of Topliss-reactive ketones (excluding diaryl/α,β-unsaturated/α-hetero) is 1. The maximum atomic E-state index is 13.1. The number of esters is 1. The minimum atomic E-state index is -0.662. The first kappa shape index (κ1) is 21.9. The molecular formula is C25H19FO7. The quantitative estimate of drug-likeness (QED) is 0.306. The molecule has 1 heterocycles. The number of ketones is 1. The Morgan fingerprint density at radius 1 is 0.909 bits per heavy atom. The monoisotopic (exact) mass is 450 g/mol. The van der Waals surface area contributed by atoms with Gasteiger partial charge in [-0.15, -0.1) is 0 Å². The summed E-state index contributed by atoms with van der Waals surface area (Å²) < 4.78 is 40.2. The van der Waals surface area contributed by atoms with E-state index in [0.29, 0.717) is 28.4 Å². The molecule has 0 radical (unpaired) electrons. The molecule has 3 aromatic carbocycles. The van der Waals surface area contributed by atoms with Crippen LogP contribution in [0.3, 0.4) is 0 Å². The maximum Gasteiger partial charge on any atom is 0.343 e. The molecule has 3 aromatic rings. The fourth-order valence-corrected chi connectivity index (χ4v) is 3.36. The lowest BCUT2D eigenvalue weighted by molar-refractivity contribution is 0.0734. The maximum absolute atomic E-state index is 13.1. The average molecular weight is 450 g/mol. The molecule has 0 atom stereocenters. The van der Waals surface area contributed by atoms with Gasteiger partial charge in [0, 0.05) is 11.6 Å². The average Bonchev–Trinajstić information content (AvgIpc) is 3.13. The van der Waals surface area contributed by atoms with Crippen LogP contribution in [0.1, 0.15) is 26.3 Å². The molecule has 0 aromatic heterocycles. The predicted octanol–water partition coefficient (Wildman–Crippen LogP) is 4.69. The lowest BCUT2D eigenvalue weighted by atomic mass is 10.1. The summed E-state index contributed by atoms with van der Waals surface area (Å²) in [5, 5.41) is 0. The summed E-state index contributed by atoms with van der Waals surface area (Å²) in [6.45, 7) is 0. The van der Waals surface area contributed by atoms with Crippen LogP contribution in [-0.4, -0.2) is 33.1 Å². The van der Waals surface area contributed by atoms with Crippen molar-refractivity contribution in [3.63, 3.8) is 0 Å². The standard InChI is InChI=1S/C25H19FO7/c1-29-19-11-6-15(23(30-2)24(19)31-3)12-21-22(27)18-10-9-17(13-20(18)33-21)32-25(28)14-4-7-16(26)8-5-14/h4-13H,1-3H3/b21-12-. The second kappa shape index (κ2) is 9.04. The number of ether oxygens (including phenoxy) is 5. The lowest BCUT2D eigenvalue weighted by Crippen LogP contribution is -2.08. The predicted molar refractivity (Wildman–Crippen MR) is 117 cm³/mol. The third-order valence-electron chi connectivity index (χ3n) is 4.95. The van der Waals surface area contributed by atoms with Crippen LogP contribution in [0, 0.1) is 5.82 Å². The van der Waals surface area contributed by atoms with Crippen molar-refractivity contribution in [2.24, 2.45) is 0 Å². The number of methoxy groups -OCH3 is 3. The number of carbonyl (C=O) groups excluding carboxylic acids is 2. The molecule has 7 nitrogen and oxygen atoms in total. The van der Waals surface area contributed by atoms with Crippen molar-refractivity contribution in [1.29, 1.82) is 0 Å². The smallest absolute Gasteiger partial charge is 0.343 e. The molecule has 0 fully saturated rings. The van der Waals surface area contributed by atoms with Crippen molar-refractivity contribution in [2.75, 3.05) is 21.3 Å². The van der Waals surface area contributed by atoms with Gasteiger partial charge in [-0.3, -0.25) is 4.79 Å². The van der Waals surface area contributed by atoms with E-state index in [1.807, 2.05) is 0 Å². The van der Waals surface area contributed by atoms with Crippen LogP contribution in [0.25, 0.3) is 6.08 Å². The Kier molecular flexibility index (Phi) is 5.99. The number of allylic oxidation sites excluding steroid dienone is 1. The Morgan fingerprint density at radius 2 is 1.64 bits per heavy atom. The van der Waals surface area contributed by atoms with Crippen molar-refractivity contribution in [1.82, 2.24) is 0 Å². The van der Waals surface area contributed by atoms with Gasteiger partial charge in [-0.25, -0.2) is 9.18 Å². The van der Waals surface area contributed by atoms with Crippen LogP contribution in [0.5, 0.6) is 28.7 Å². The van der Waals surface area contributed by atoms with Gasteiger partial charge in [0.1, 0.15) is 17.3 Å². The Balaban J connectivity index is 1.60. The highest BCUT2D eigenvalue weighted by atomic mass is 19.1. The van der Waals surface area contributed by atoms with E-state index in [1.165, 1.54) is 69.9 Å². The van der Waals surface area contributed by atoms with E-state index in [-0.39, 0.29) is 28.6 Å². The van der Waals surface area contributed by atoms with Crippen LogP contribution < -0.4 is 23.7 Å². The minimum absolute atomic E-state index is 0.0672. The van der Waals surface area contributed by atoms with E-state index in [9.17, 15) is 14.0 Å². The van der Waals surface area contributed by atoms with Gasteiger partial charge in [-0.2, -0.15) is 0 Å². The van der Waals surface area contributed by atoms with Gasteiger partial charge in [0.25, 0.3) is 0 Å². The highest BCUT2D eigenvalue weighted by Gasteiger charge is 2.29. The topological polar surface area (TPSA) is 80.3 Å². The zero-order valence-electron chi connectivity index (χ0n) is 18.0. The molecule has 168 valence electrons. The second-order valence-electron chi connectivity index (χ2n) is 6.92. The van der Waals surface area contributed by atoms with Crippen LogP contribution >= 0.6 is 0 Å². The van der Waals surface area contributed by atoms with Crippen molar-refractivity contribution < 1.29 is 37.7 Å². The summed E-state index contributed by atoms with van der Waals surface area (Å²) in [4.78, 5) is 25.1. The molecule has 0 unspecified atom stereocenters. The Hall–Kier alpha value is -4.33. The van der Waals surface area contributed by atoms with Crippen molar-refractivity contribution in [2.45, 2.75) is 0 Å². The molecule has 0 saturated carbocycles. The largest absolute Gasteiger partial charge is 0.493 e. The number of benzene rings is 3. The third-order valence-corrected chi connectivity index (χ3v) is 4.95. The highest BCUT2D eigenvalue weighted by molar-refractivity contribution is 6.14. The van der Waals surface area contributed by atoms with E-state index in [4.69, 9.17) is 23.7 Å². The molecule has 0 saturated heterocycles. The van der Waals surface area contributed by atoms with Gasteiger partial charge in [0.05, 0.1) is 32.5 Å². The fraction of sp³-hybridized carbons (Fsp3) is 0.120. The number of halogens is 1. The van der Waals surface area contributed by atoms with Crippen LogP contribution in [0.2, 0.25) is 0 Å². The van der Waals surface area contributed by atoms with Crippen molar-refractivity contribution in [3.05, 3.63) is 82.9 Å². The summed E-state index contributed by atoms with van der Waals surface area (Å²) in [7, 11) is 4.47. The number of carbonyl (C=O) groups is 2. The summed E-state index contributed by atoms with van der Waals surface area (Å²) >= 11 is 0. The van der Waals surface area contributed by atoms with Crippen LogP contribution in [0.15, 0.2) is 60.4 Å². The second-order valence-corrected chi connectivity index (χ2v) is 6.92. The van der Waals surface area contributed by atoms with Gasteiger partial charge >= 0.3 is 5.97 Å². The van der Waals surface area contributed by atoms with E-state index in [2.05, 4.69) is 0 Å².